The summed E-state index contributed by atoms with van der Waals surface area (Å²) in [6.45, 7) is 5.35. The number of hydrogen-bond donors (Lipinski definition) is 2. The number of likely N-dealkylation sites (N-methyl/N-ethyl adjacent to an activating group) is 1. The van der Waals surface area contributed by atoms with E-state index in [-0.39, 0.29) is 42.8 Å². The number of pyridine rings is 1. The van der Waals surface area contributed by atoms with Crippen LogP contribution in [0.5, 0.6) is 5.75 Å². The van der Waals surface area contributed by atoms with Crippen molar-refractivity contribution in [3.63, 3.8) is 0 Å². The number of aromatic nitrogens is 1. The third kappa shape index (κ3) is 7.03. The van der Waals surface area contributed by atoms with Crippen molar-refractivity contribution in [1.82, 2.24) is 14.8 Å². The lowest BCUT2D eigenvalue weighted by Crippen LogP contribution is -2.55. The average Bonchev–Trinajstić information content (AvgIpc) is 3.00. The molecule has 2 atom stereocenters. The van der Waals surface area contributed by atoms with Gasteiger partial charge in [-0.15, -0.1) is 0 Å². The molecule has 13 heteroatoms. The Kier molecular flexibility index (Phi) is 9.01. The molecule has 0 spiro atoms. The van der Waals surface area contributed by atoms with Crippen molar-refractivity contribution in [3.05, 3.63) is 93.7 Å². The summed E-state index contributed by atoms with van der Waals surface area (Å²) in [6.07, 6.45) is -2.84. The minimum atomic E-state index is -4.96. The van der Waals surface area contributed by atoms with Crippen molar-refractivity contribution < 1.29 is 31.9 Å². The van der Waals surface area contributed by atoms with Gasteiger partial charge in [-0.05, 0) is 57.2 Å². The van der Waals surface area contributed by atoms with Crippen LogP contribution < -0.4 is 20.5 Å². The van der Waals surface area contributed by atoms with E-state index >= 15 is 4.39 Å². The number of H-pyrrole nitrogens is 1. The first-order valence-electron chi connectivity index (χ1n) is 14.4. The van der Waals surface area contributed by atoms with Crippen LogP contribution in [-0.4, -0.2) is 72.1 Å². The molecule has 2 N–H and O–H groups in total. The molecule has 238 valence electrons. The van der Waals surface area contributed by atoms with Crippen LogP contribution in [-0.2, 0) is 6.18 Å². The lowest BCUT2D eigenvalue weighted by Gasteiger charge is -2.44. The zero-order chi connectivity index (χ0) is 32.5. The summed E-state index contributed by atoms with van der Waals surface area (Å²) < 4.78 is 62.5. The number of anilines is 2. The van der Waals surface area contributed by atoms with Crippen molar-refractivity contribution in [2.45, 2.75) is 38.5 Å². The Morgan fingerprint density at radius 3 is 2.36 bits per heavy atom. The molecule has 9 nitrogen and oxygen atoms in total. The van der Waals surface area contributed by atoms with E-state index in [1.807, 2.05) is 25.8 Å². The number of nitrogens with zero attached hydrogens (tertiary/aromatic N) is 3. The number of carbonyl (C=O) groups is 2. The predicted molar refractivity (Wildman–Crippen MR) is 162 cm³/mol. The van der Waals surface area contributed by atoms with Crippen molar-refractivity contribution in [2.24, 2.45) is 0 Å². The molecular weight excluding hydrogens is 594 g/mol. The summed E-state index contributed by atoms with van der Waals surface area (Å²) in [5.74, 6) is -1.29. The van der Waals surface area contributed by atoms with Gasteiger partial charge in [-0.2, -0.15) is 13.2 Å². The van der Waals surface area contributed by atoms with Crippen molar-refractivity contribution >= 4 is 28.9 Å². The molecular formula is C32H33F4N5O4. The van der Waals surface area contributed by atoms with E-state index in [1.54, 1.807) is 36.4 Å². The summed E-state index contributed by atoms with van der Waals surface area (Å²) in [7, 11) is 1.97. The molecule has 0 radical (unpaired) electrons. The molecule has 2 amide bonds. The largest absolute Gasteiger partial charge is 0.417 e. The van der Waals surface area contributed by atoms with E-state index in [9.17, 15) is 27.6 Å². The lowest BCUT2D eigenvalue weighted by atomic mass is 9.97. The van der Waals surface area contributed by atoms with E-state index in [1.165, 1.54) is 17.0 Å². The Bertz CT molecular complexity index is 1660. The quantitative estimate of drug-likeness (QED) is 0.358. The monoisotopic (exact) mass is 627 g/mol. The average molecular weight is 628 g/mol. The molecule has 1 saturated heterocycles. The number of nitrogens with one attached hydrogen (secondary N) is 2. The molecule has 0 saturated carbocycles. The van der Waals surface area contributed by atoms with Crippen molar-refractivity contribution in [2.75, 3.05) is 43.4 Å². The number of ether oxygens (including phenoxy) is 1. The number of benzene rings is 2. The molecule has 2 aliphatic heterocycles. The highest BCUT2D eigenvalue weighted by atomic mass is 19.4. The van der Waals surface area contributed by atoms with Crippen molar-refractivity contribution in [3.8, 4) is 5.75 Å². The molecule has 2 unspecified atom stereocenters. The SMILES string of the molecule is CC1CN(c2cc(F)c(C3=CCN(C(=O)Oc4ccccc4)CC3)cc2NC(=O)c2c[nH]c(=O)cc2C(F)(F)F)CC(C)N1C. The Morgan fingerprint density at radius 2 is 1.73 bits per heavy atom. The van der Waals surface area contributed by atoms with Gasteiger partial charge >= 0.3 is 12.3 Å². The first-order valence-corrected chi connectivity index (χ1v) is 14.4. The summed E-state index contributed by atoms with van der Waals surface area (Å²) in [4.78, 5) is 45.3. The summed E-state index contributed by atoms with van der Waals surface area (Å²) in [5.41, 5.74) is -2.01. The van der Waals surface area contributed by atoms with E-state index < -0.39 is 40.7 Å². The topological polar surface area (TPSA) is 98.0 Å². The molecule has 0 aliphatic carbocycles. The minimum Gasteiger partial charge on any atom is -0.410 e. The Labute approximate surface area is 257 Å². The van der Waals surface area contributed by atoms with E-state index in [4.69, 9.17) is 4.74 Å². The zero-order valence-electron chi connectivity index (χ0n) is 25.0. The molecule has 2 aromatic carbocycles. The smallest absolute Gasteiger partial charge is 0.410 e. The second-order valence-electron chi connectivity index (χ2n) is 11.3. The van der Waals surface area contributed by atoms with E-state index in [0.29, 0.717) is 36.2 Å². The van der Waals surface area contributed by atoms with Crippen LogP contribution in [0.2, 0.25) is 0 Å². The molecule has 3 aromatic rings. The molecule has 3 heterocycles. The molecule has 1 fully saturated rings. The number of hydrogen-bond acceptors (Lipinski definition) is 6. The zero-order valence-corrected chi connectivity index (χ0v) is 25.0. The van der Waals surface area contributed by atoms with Gasteiger partial charge in [0.25, 0.3) is 5.91 Å². The van der Waals surface area contributed by atoms with Gasteiger partial charge in [-0.3, -0.25) is 14.5 Å². The third-order valence-electron chi connectivity index (χ3n) is 8.27. The Morgan fingerprint density at radius 1 is 1.04 bits per heavy atom. The number of carbonyl (C=O) groups excluding carboxylic acids is 2. The molecule has 0 bridgehead atoms. The van der Waals surface area contributed by atoms with E-state index in [0.717, 1.165) is 6.20 Å². The van der Waals surface area contributed by atoms with Gasteiger partial charge in [0.2, 0.25) is 5.56 Å². The molecule has 5 rings (SSSR count). The maximum Gasteiger partial charge on any atom is 0.417 e. The van der Waals surface area contributed by atoms with E-state index in [2.05, 4.69) is 15.2 Å². The summed E-state index contributed by atoms with van der Waals surface area (Å²) in [5, 5.41) is 2.56. The van der Waals surface area contributed by atoms with Gasteiger partial charge in [0, 0.05) is 56.1 Å². The van der Waals surface area contributed by atoms with Crippen LogP contribution in [0.15, 0.2) is 65.6 Å². The normalized spacial score (nSPS) is 19.2. The summed E-state index contributed by atoms with van der Waals surface area (Å²) in [6, 6.07) is 11.8. The number of aromatic amines is 1. The predicted octanol–water partition coefficient (Wildman–Crippen LogP) is 5.60. The van der Waals surface area contributed by atoms with Crippen LogP contribution in [0.25, 0.3) is 5.57 Å². The fraction of sp³-hybridized carbons (Fsp3) is 0.344. The number of piperazine rings is 1. The van der Waals surface area contributed by atoms with Gasteiger partial charge in [0.15, 0.2) is 0 Å². The number of halogens is 4. The maximum atomic E-state index is 15.8. The standard InChI is InChI=1S/C32H33F4N5O4/c1-19-17-41(18-20(2)39(19)3)28-15-26(33)23(21-9-11-40(12-10-21)31(44)45-22-7-5-4-6-8-22)13-27(28)38-30(43)24-16-37-29(42)14-25(24)32(34,35)36/h4-9,13-16,19-20H,10-12,17-18H2,1-3H3,(H,37,42)(H,38,43). The number of rotatable bonds is 5. The highest BCUT2D eigenvalue weighted by Gasteiger charge is 2.36. The van der Waals surface area contributed by atoms with Crippen LogP contribution >= 0.6 is 0 Å². The van der Waals surface area contributed by atoms with Gasteiger partial charge < -0.3 is 24.8 Å². The number of para-hydroxylation sites is 1. The molecule has 2 aliphatic rings. The second kappa shape index (κ2) is 12.8. The second-order valence-corrected chi connectivity index (χ2v) is 11.3. The summed E-state index contributed by atoms with van der Waals surface area (Å²) >= 11 is 0. The lowest BCUT2D eigenvalue weighted by molar-refractivity contribution is -0.138. The fourth-order valence-electron chi connectivity index (χ4n) is 5.59. The Hall–Kier alpha value is -4.65. The van der Waals surface area contributed by atoms with Crippen molar-refractivity contribution in [1.29, 1.82) is 0 Å². The number of amides is 2. The minimum absolute atomic E-state index is 0.0683. The van der Waals surface area contributed by atoms with Gasteiger partial charge in [-0.1, -0.05) is 24.3 Å². The van der Waals surface area contributed by atoms with Gasteiger partial charge in [0.1, 0.15) is 11.6 Å². The Balaban J connectivity index is 1.47. The van der Waals surface area contributed by atoms with Crippen LogP contribution in [0.3, 0.4) is 0 Å². The van der Waals surface area contributed by atoms with Crippen LogP contribution in [0, 0.1) is 5.82 Å². The third-order valence-corrected chi connectivity index (χ3v) is 8.27. The number of alkyl halides is 3. The molecule has 45 heavy (non-hydrogen) atoms. The highest BCUT2D eigenvalue weighted by molar-refractivity contribution is 6.07. The van der Waals surface area contributed by atoms with Crippen LogP contribution in [0.1, 0.15) is 41.8 Å². The first-order chi connectivity index (χ1) is 21.3. The van der Waals surface area contributed by atoms with Gasteiger partial charge in [-0.25, -0.2) is 9.18 Å². The van der Waals surface area contributed by atoms with Gasteiger partial charge in [0.05, 0.1) is 22.5 Å². The highest BCUT2D eigenvalue weighted by Crippen LogP contribution is 2.37. The first kappa shape index (κ1) is 31.8. The maximum absolute atomic E-state index is 15.8. The fourth-order valence-corrected chi connectivity index (χ4v) is 5.59. The molecule has 1 aromatic heterocycles. The van der Waals surface area contributed by atoms with Crippen LogP contribution in [0.4, 0.5) is 33.7 Å².